The van der Waals surface area contributed by atoms with Gasteiger partial charge >= 0.3 is 0 Å². The fourth-order valence-electron chi connectivity index (χ4n) is 2.45. The monoisotopic (exact) mass is 417 g/mol. The molecule has 0 amide bonds. The van der Waals surface area contributed by atoms with E-state index in [1.165, 1.54) is 31.7 Å². The van der Waals surface area contributed by atoms with Crippen molar-refractivity contribution in [2.24, 2.45) is 5.73 Å². The maximum Gasteiger partial charge on any atom is 0.164 e. The van der Waals surface area contributed by atoms with Crippen LogP contribution in [0.2, 0.25) is 5.02 Å². The van der Waals surface area contributed by atoms with Crippen molar-refractivity contribution in [3.05, 3.63) is 53.3 Å². The van der Waals surface area contributed by atoms with Gasteiger partial charge in [-0.25, -0.2) is 14.4 Å². The molecule has 0 saturated carbocycles. The molecule has 6 nitrogen and oxygen atoms in total. The average Bonchev–Trinajstić information content (AvgIpc) is 3.38. The Morgan fingerprint density at radius 1 is 1.10 bits per heavy atom. The molecule has 1 aliphatic rings. The first-order valence-electron chi connectivity index (χ1n) is 9.19. The normalized spacial score (nSPS) is 10.8. The second kappa shape index (κ2) is 10.0. The first-order valence-corrected chi connectivity index (χ1v) is 9.57. The number of anilines is 4. The Morgan fingerprint density at radius 3 is 2.31 bits per heavy atom. The van der Waals surface area contributed by atoms with Crippen LogP contribution in [0.4, 0.5) is 27.4 Å². The number of fused-ring (bicyclic) bond motifs is 1. The molecule has 0 fully saturated rings. The van der Waals surface area contributed by atoms with E-state index in [1.54, 1.807) is 24.3 Å². The zero-order valence-electron chi connectivity index (χ0n) is 16.9. The van der Waals surface area contributed by atoms with Gasteiger partial charge in [0.2, 0.25) is 0 Å². The summed E-state index contributed by atoms with van der Waals surface area (Å²) < 4.78 is 13.1. The third-order valence-electron chi connectivity index (χ3n) is 3.78. The quantitative estimate of drug-likeness (QED) is 0.387. The van der Waals surface area contributed by atoms with Gasteiger partial charge in [-0.05, 0) is 49.5 Å². The van der Waals surface area contributed by atoms with Gasteiger partial charge in [0.15, 0.2) is 17.5 Å². The van der Waals surface area contributed by atoms with Crippen LogP contribution in [0.5, 0.6) is 5.75 Å². The molecule has 0 atom stereocenters. The van der Waals surface area contributed by atoms with Crippen molar-refractivity contribution in [2.75, 3.05) is 24.3 Å². The first kappa shape index (κ1) is 22.4. The summed E-state index contributed by atoms with van der Waals surface area (Å²) in [6.45, 7) is 4.25. The van der Waals surface area contributed by atoms with Crippen molar-refractivity contribution < 1.29 is 9.50 Å². The molecular weight excluding hydrogens is 393 g/mol. The van der Waals surface area contributed by atoms with Gasteiger partial charge in [-0.2, -0.15) is 0 Å². The Labute approximate surface area is 175 Å². The van der Waals surface area contributed by atoms with E-state index in [0.29, 0.717) is 17.3 Å². The van der Waals surface area contributed by atoms with Crippen molar-refractivity contribution in [3.8, 4) is 17.1 Å². The van der Waals surface area contributed by atoms with E-state index in [0.717, 1.165) is 17.1 Å². The van der Waals surface area contributed by atoms with Gasteiger partial charge < -0.3 is 21.1 Å². The number of rotatable bonds is 3. The fourth-order valence-corrected chi connectivity index (χ4v) is 2.63. The molecule has 3 aromatic rings. The predicted molar refractivity (Wildman–Crippen MR) is 118 cm³/mol. The Hall–Kier alpha value is -2.90. The summed E-state index contributed by atoms with van der Waals surface area (Å²) in [5.41, 5.74) is 6.82. The summed E-state index contributed by atoms with van der Waals surface area (Å²) >= 11 is 5.93. The molecule has 0 radical (unpaired) electrons. The van der Waals surface area contributed by atoms with Gasteiger partial charge in [0, 0.05) is 18.3 Å². The van der Waals surface area contributed by atoms with Crippen LogP contribution in [0.25, 0.3) is 11.4 Å². The van der Waals surface area contributed by atoms with E-state index in [4.69, 9.17) is 11.6 Å². The number of nitrogens with one attached hydrogen (secondary N) is 1. The average molecular weight is 418 g/mol. The molecule has 0 aliphatic carbocycles. The summed E-state index contributed by atoms with van der Waals surface area (Å²) in [6, 6.07) is 10.9. The molecule has 8 heteroatoms. The van der Waals surface area contributed by atoms with Crippen LogP contribution in [0.1, 0.15) is 20.3 Å². The standard InChI is InChI=1S/C17H12ClFN4O.C3H8.CH5N/c1-23-14-16(20-11-6-7-13(24)12(18)8-11)21-15(22-17(14)23)9-2-4-10(19)5-3-9;1-3-2;1-2/h2-8,24H,1H3,(H,20,21,22);3H2,1-2H3;2H2,1H3. The minimum absolute atomic E-state index is 0.0183. The Balaban J connectivity index is 0.000000551. The molecule has 0 saturated heterocycles. The summed E-state index contributed by atoms with van der Waals surface area (Å²) in [6.07, 6.45) is 1.25. The molecule has 1 aliphatic heterocycles. The molecule has 1 aromatic heterocycles. The summed E-state index contributed by atoms with van der Waals surface area (Å²) in [5.74, 6) is 1.66. The Bertz CT molecular complexity index is 966. The highest BCUT2D eigenvalue weighted by Gasteiger charge is 2.33. The van der Waals surface area contributed by atoms with Gasteiger partial charge in [0.1, 0.15) is 17.3 Å². The van der Waals surface area contributed by atoms with Crippen molar-refractivity contribution >= 4 is 34.6 Å². The molecular formula is C21H25ClFN5O. The minimum atomic E-state index is -0.306. The molecule has 4 N–H and O–H groups in total. The molecule has 154 valence electrons. The zero-order valence-corrected chi connectivity index (χ0v) is 17.6. The van der Waals surface area contributed by atoms with Gasteiger partial charge in [-0.15, -0.1) is 0 Å². The van der Waals surface area contributed by atoms with Crippen LogP contribution in [0, 0.1) is 5.82 Å². The number of benzene rings is 2. The van der Waals surface area contributed by atoms with Gasteiger partial charge in [-0.3, -0.25) is 0 Å². The molecule has 4 rings (SSSR count). The Kier molecular flexibility index (Phi) is 7.75. The van der Waals surface area contributed by atoms with E-state index in [1.807, 2.05) is 11.9 Å². The third kappa shape index (κ3) is 5.34. The molecule has 2 heterocycles. The number of phenols is 1. The molecule has 0 spiro atoms. The lowest BCUT2D eigenvalue weighted by molar-refractivity contribution is 0.475. The first-order chi connectivity index (χ1) is 13.9. The number of halogens is 2. The fraction of sp³-hybridized carbons (Fsp3) is 0.238. The van der Waals surface area contributed by atoms with Gasteiger partial charge in [0.05, 0.1) is 5.02 Å². The van der Waals surface area contributed by atoms with E-state index < -0.39 is 0 Å². The van der Waals surface area contributed by atoms with Crippen molar-refractivity contribution in [2.45, 2.75) is 20.3 Å². The molecule has 0 bridgehead atoms. The highest BCUT2D eigenvalue weighted by atomic mass is 35.5. The largest absolute Gasteiger partial charge is 0.506 e. The molecule has 29 heavy (non-hydrogen) atoms. The minimum Gasteiger partial charge on any atom is -0.506 e. The number of nitrogens with zero attached hydrogens (tertiary/aromatic N) is 3. The highest BCUT2D eigenvalue weighted by molar-refractivity contribution is 6.32. The number of hydrogen-bond acceptors (Lipinski definition) is 6. The lowest BCUT2D eigenvalue weighted by Gasteiger charge is -2.07. The van der Waals surface area contributed by atoms with E-state index in [2.05, 4.69) is 34.9 Å². The number of hydrogen-bond donors (Lipinski definition) is 3. The van der Waals surface area contributed by atoms with Crippen LogP contribution in [0.15, 0.2) is 42.5 Å². The SMILES string of the molecule is CCC.CN.CN1c2nc(-c3ccc(F)cc3)nc(Nc3ccc(O)c(Cl)c3)c21. The van der Waals surface area contributed by atoms with Crippen LogP contribution < -0.4 is 16.0 Å². The Morgan fingerprint density at radius 2 is 1.72 bits per heavy atom. The van der Waals surface area contributed by atoms with Gasteiger partial charge in [0.25, 0.3) is 0 Å². The predicted octanol–water partition coefficient (Wildman–Crippen LogP) is 5.46. The molecule has 0 unspecified atom stereocenters. The number of aromatic hydroxyl groups is 1. The van der Waals surface area contributed by atoms with Crippen LogP contribution >= 0.6 is 11.6 Å². The zero-order chi connectivity index (χ0) is 21.6. The van der Waals surface area contributed by atoms with Crippen LogP contribution in [0.3, 0.4) is 0 Å². The van der Waals surface area contributed by atoms with Crippen LogP contribution in [-0.4, -0.2) is 29.2 Å². The maximum absolute atomic E-state index is 13.1. The number of phenolic OH excluding ortho intramolecular Hbond substituents is 1. The van der Waals surface area contributed by atoms with Gasteiger partial charge in [-0.1, -0.05) is 31.9 Å². The number of aromatic nitrogens is 2. The second-order valence-corrected chi connectivity index (χ2v) is 6.54. The summed E-state index contributed by atoms with van der Waals surface area (Å²) in [7, 11) is 3.39. The summed E-state index contributed by atoms with van der Waals surface area (Å²) in [5, 5.41) is 12.9. The van der Waals surface area contributed by atoms with Crippen molar-refractivity contribution in [3.63, 3.8) is 0 Å². The maximum atomic E-state index is 13.1. The smallest absolute Gasteiger partial charge is 0.164 e. The lowest BCUT2D eigenvalue weighted by Crippen LogP contribution is -1.95. The van der Waals surface area contributed by atoms with E-state index in [9.17, 15) is 9.50 Å². The van der Waals surface area contributed by atoms with Crippen molar-refractivity contribution in [1.82, 2.24) is 9.97 Å². The van der Waals surface area contributed by atoms with Crippen LogP contribution in [-0.2, 0) is 0 Å². The highest BCUT2D eigenvalue weighted by Crippen LogP contribution is 2.50. The number of nitrogens with two attached hydrogens (primary N) is 1. The lowest BCUT2D eigenvalue weighted by atomic mass is 10.2. The summed E-state index contributed by atoms with van der Waals surface area (Å²) in [4.78, 5) is 10.9. The van der Waals surface area contributed by atoms with Crippen molar-refractivity contribution in [1.29, 1.82) is 0 Å². The topological polar surface area (TPSA) is 87.1 Å². The van der Waals surface area contributed by atoms with E-state index in [-0.39, 0.29) is 16.6 Å². The molecule has 2 aromatic carbocycles. The third-order valence-corrected chi connectivity index (χ3v) is 4.08. The second-order valence-electron chi connectivity index (χ2n) is 6.13. The van der Waals surface area contributed by atoms with E-state index >= 15 is 0 Å².